The molecular formula is C18H21N3O5. The van der Waals surface area contributed by atoms with E-state index in [9.17, 15) is 14.9 Å². The summed E-state index contributed by atoms with van der Waals surface area (Å²) in [4.78, 5) is 23.0. The lowest BCUT2D eigenvalue weighted by Gasteiger charge is -2.11. The van der Waals surface area contributed by atoms with Crippen molar-refractivity contribution in [1.82, 2.24) is 5.32 Å². The van der Waals surface area contributed by atoms with Gasteiger partial charge in [0.15, 0.2) is 18.1 Å². The molecule has 1 atom stereocenters. The number of methoxy groups -OCH3 is 1. The predicted octanol–water partition coefficient (Wildman–Crippen LogP) is 0.761. The number of rotatable bonds is 8. The Kier molecular flexibility index (Phi) is 7.00. The third-order valence-electron chi connectivity index (χ3n) is 3.75. The van der Waals surface area contributed by atoms with Crippen molar-refractivity contribution in [1.29, 1.82) is 5.26 Å². The summed E-state index contributed by atoms with van der Waals surface area (Å²) in [5, 5.41) is 12.0. The van der Waals surface area contributed by atoms with Gasteiger partial charge in [-0.05, 0) is 36.6 Å². The second-order valence-electron chi connectivity index (χ2n) is 5.68. The largest absolute Gasteiger partial charge is 0.493 e. The fourth-order valence-corrected chi connectivity index (χ4v) is 2.46. The summed E-state index contributed by atoms with van der Waals surface area (Å²) in [6.45, 7) is 0.799. The Balaban J connectivity index is 2.07. The first-order valence-corrected chi connectivity index (χ1v) is 8.14. The van der Waals surface area contributed by atoms with Crippen LogP contribution in [-0.2, 0) is 14.3 Å². The molecule has 0 unspecified atom stereocenters. The van der Waals surface area contributed by atoms with Crippen LogP contribution in [0.2, 0.25) is 0 Å². The van der Waals surface area contributed by atoms with Crippen molar-refractivity contribution in [3.63, 3.8) is 0 Å². The van der Waals surface area contributed by atoms with E-state index < -0.39 is 11.8 Å². The maximum atomic E-state index is 12.2. The van der Waals surface area contributed by atoms with Crippen LogP contribution in [0.3, 0.4) is 0 Å². The van der Waals surface area contributed by atoms with Crippen LogP contribution in [-0.4, -0.2) is 44.8 Å². The number of nitrogens with two attached hydrogens (primary N) is 1. The molecule has 1 aromatic rings. The summed E-state index contributed by atoms with van der Waals surface area (Å²) >= 11 is 0. The van der Waals surface area contributed by atoms with Crippen molar-refractivity contribution in [2.24, 2.45) is 5.73 Å². The van der Waals surface area contributed by atoms with E-state index in [4.69, 9.17) is 19.9 Å². The number of amides is 2. The first-order valence-electron chi connectivity index (χ1n) is 8.14. The van der Waals surface area contributed by atoms with Crippen LogP contribution < -0.4 is 20.5 Å². The Bertz CT molecular complexity index is 733. The topological polar surface area (TPSA) is 124 Å². The van der Waals surface area contributed by atoms with E-state index in [-0.39, 0.29) is 18.3 Å². The zero-order valence-corrected chi connectivity index (χ0v) is 14.5. The van der Waals surface area contributed by atoms with E-state index in [0.717, 1.165) is 12.8 Å². The second kappa shape index (κ2) is 9.44. The molecule has 0 aromatic heterocycles. The van der Waals surface area contributed by atoms with Crippen LogP contribution >= 0.6 is 0 Å². The number of carbonyl (C=O) groups excluding carboxylic acids is 2. The Morgan fingerprint density at radius 2 is 2.27 bits per heavy atom. The lowest BCUT2D eigenvalue weighted by molar-refractivity contribution is -0.120. The maximum absolute atomic E-state index is 12.2. The van der Waals surface area contributed by atoms with Crippen molar-refractivity contribution >= 4 is 17.9 Å². The third-order valence-corrected chi connectivity index (χ3v) is 3.75. The van der Waals surface area contributed by atoms with Gasteiger partial charge in [0.1, 0.15) is 11.6 Å². The predicted molar refractivity (Wildman–Crippen MR) is 93.3 cm³/mol. The molecule has 1 saturated heterocycles. The summed E-state index contributed by atoms with van der Waals surface area (Å²) < 4.78 is 15.9. The quantitative estimate of drug-likeness (QED) is 0.522. The summed E-state index contributed by atoms with van der Waals surface area (Å²) in [7, 11) is 1.44. The molecule has 138 valence electrons. The van der Waals surface area contributed by atoms with E-state index >= 15 is 0 Å². The van der Waals surface area contributed by atoms with Gasteiger partial charge in [-0.25, -0.2) is 0 Å². The van der Waals surface area contributed by atoms with Crippen LogP contribution in [0, 0.1) is 11.3 Å². The normalized spacial score (nSPS) is 16.6. The van der Waals surface area contributed by atoms with Gasteiger partial charge in [-0.2, -0.15) is 5.26 Å². The zero-order chi connectivity index (χ0) is 18.9. The molecule has 0 bridgehead atoms. The molecule has 0 saturated carbocycles. The minimum atomic E-state index is -0.606. The standard InChI is InChI=1S/C18H21N3O5/c1-24-16-8-12(4-5-15(16)26-11-17(20)22)7-13(9-19)18(23)21-10-14-3-2-6-25-14/h4-5,7-8,14H,2-3,6,10-11H2,1H3,(H2,20,22)(H,21,23)/b13-7-/t14-/m0/s1. The first-order chi connectivity index (χ1) is 12.5. The van der Waals surface area contributed by atoms with E-state index in [0.29, 0.717) is 30.2 Å². The van der Waals surface area contributed by atoms with Crippen molar-refractivity contribution in [2.45, 2.75) is 18.9 Å². The second-order valence-corrected chi connectivity index (χ2v) is 5.68. The molecule has 8 heteroatoms. The first kappa shape index (κ1) is 19.3. The van der Waals surface area contributed by atoms with Crippen LogP contribution in [0.15, 0.2) is 23.8 Å². The highest BCUT2D eigenvalue weighted by Gasteiger charge is 2.17. The van der Waals surface area contributed by atoms with Gasteiger partial charge in [-0.15, -0.1) is 0 Å². The minimum Gasteiger partial charge on any atom is -0.493 e. The van der Waals surface area contributed by atoms with E-state index in [1.54, 1.807) is 18.2 Å². The number of primary amides is 1. The van der Waals surface area contributed by atoms with E-state index in [1.807, 2.05) is 6.07 Å². The average molecular weight is 359 g/mol. The zero-order valence-electron chi connectivity index (χ0n) is 14.5. The molecule has 1 aliphatic rings. The molecule has 2 amide bonds. The van der Waals surface area contributed by atoms with Gasteiger partial charge >= 0.3 is 0 Å². The molecule has 1 aliphatic heterocycles. The lowest BCUT2D eigenvalue weighted by Crippen LogP contribution is -2.32. The molecule has 26 heavy (non-hydrogen) atoms. The van der Waals surface area contributed by atoms with Crippen molar-refractivity contribution in [3.8, 4) is 17.6 Å². The molecular weight excluding hydrogens is 338 g/mol. The van der Waals surface area contributed by atoms with Crippen LogP contribution in [0.5, 0.6) is 11.5 Å². The molecule has 0 radical (unpaired) electrons. The summed E-state index contributed by atoms with van der Waals surface area (Å²) in [5.74, 6) is -0.372. The van der Waals surface area contributed by atoms with Crippen molar-refractivity contribution in [3.05, 3.63) is 29.3 Å². The van der Waals surface area contributed by atoms with Gasteiger partial charge in [-0.3, -0.25) is 9.59 Å². The number of benzene rings is 1. The fraction of sp³-hybridized carbons (Fsp3) is 0.389. The highest BCUT2D eigenvalue weighted by atomic mass is 16.5. The van der Waals surface area contributed by atoms with Crippen molar-refractivity contribution in [2.75, 3.05) is 26.9 Å². The highest BCUT2D eigenvalue weighted by molar-refractivity contribution is 6.01. The molecule has 0 spiro atoms. The van der Waals surface area contributed by atoms with Gasteiger partial charge in [0.2, 0.25) is 0 Å². The van der Waals surface area contributed by atoms with E-state index in [2.05, 4.69) is 5.32 Å². The van der Waals surface area contributed by atoms with Crippen LogP contribution in [0.1, 0.15) is 18.4 Å². The Morgan fingerprint density at radius 1 is 1.46 bits per heavy atom. The van der Waals surface area contributed by atoms with Crippen LogP contribution in [0.25, 0.3) is 6.08 Å². The third kappa shape index (κ3) is 5.50. The Labute approximate surface area is 151 Å². The van der Waals surface area contributed by atoms with Gasteiger partial charge in [0.05, 0.1) is 13.2 Å². The summed E-state index contributed by atoms with van der Waals surface area (Å²) in [6, 6.07) is 6.71. The number of carbonyl (C=O) groups is 2. The molecule has 3 N–H and O–H groups in total. The lowest BCUT2D eigenvalue weighted by atomic mass is 10.1. The molecule has 1 heterocycles. The highest BCUT2D eigenvalue weighted by Crippen LogP contribution is 2.28. The number of nitriles is 1. The Hall–Kier alpha value is -3.05. The number of hydrogen-bond acceptors (Lipinski definition) is 6. The van der Waals surface area contributed by atoms with E-state index in [1.165, 1.54) is 13.2 Å². The average Bonchev–Trinajstić information content (AvgIpc) is 3.16. The number of hydrogen-bond donors (Lipinski definition) is 2. The number of ether oxygens (including phenoxy) is 3. The molecule has 0 aliphatic carbocycles. The molecule has 1 fully saturated rings. The Morgan fingerprint density at radius 3 is 2.88 bits per heavy atom. The van der Waals surface area contributed by atoms with Gasteiger partial charge in [0.25, 0.3) is 11.8 Å². The van der Waals surface area contributed by atoms with Crippen LogP contribution in [0.4, 0.5) is 0 Å². The van der Waals surface area contributed by atoms with Gasteiger partial charge < -0.3 is 25.3 Å². The SMILES string of the molecule is COc1cc(/C=C(/C#N)C(=O)NC[C@@H]2CCCO2)ccc1OCC(N)=O. The monoisotopic (exact) mass is 359 g/mol. The molecule has 1 aromatic carbocycles. The maximum Gasteiger partial charge on any atom is 0.262 e. The minimum absolute atomic E-state index is 0.000625. The molecule has 2 rings (SSSR count). The summed E-state index contributed by atoms with van der Waals surface area (Å²) in [6.07, 6.45) is 3.33. The van der Waals surface area contributed by atoms with Crippen molar-refractivity contribution < 1.29 is 23.8 Å². The van der Waals surface area contributed by atoms with Gasteiger partial charge in [-0.1, -0.05) is 6.07 Å². The van der Waals surface area contributed by atoms with Gasteiger partial charge in [0, 0.05) is 13.2 Å². The smallest absolute Gasteiger partial charge is 0.262 e. The number of nitrogens with zero attached hydrogens (tertiary/aromatic N) is 1. The molecule has 8 nitrogen and oxygen atoms in total. The number of nitrogens with one attached hydrogen (secondary N) is 1. The summed E-state index contributed by atoms with van der Waals surface area (Å²) in [5.41, 5.74) is 5.60. The fourth-order valence-electron chi connectivity index (χ4n) is 2.46.